The van der Waals surface area contributed by atoms with Crippen molar-refractivity contribution in [3.8, 4) is 0 Å². The molecule has 0 aromatic carbocycles. The number of unbranched alkanes of at least 4 members (excludes halogenated alkanes) is 1. The van der Waals surface area contributed by atoms with E-state index in [1.165, 1.54) is 0 Å². The Morgan fingerprint density at radius 2 is 2.00 bits per heavy atom. The molecule has 1 amide bonds. The molecule has 1 aliphatic heterocycles. The van der Waals surface area contributed by atoms with Gasteiger partial charge in [0.2, 0.25) is 5.91 Å². The Balaban J connectivity index is 2.34. The maximum Gasteiger partial charge on any atom is 0.226 e. The largest absolute Gasteiger partial charge is 0.356 e. The van der Waals surface area contributed by atoms with Gasteiger partial charge in [0.05, 0.1) is 5.41 Å². The van der Waals surface area contributed by atoms with E-state index in [0.29, 0.717) is 0 Å². The lowest BCUT2D eigenvalue weighted by Crippen LogP contribution is -2.50. The molecule has 1 rings (SSSR count). The predicted octanol–water partition coefficient (Wildman–Crippen LogP) is 0.834. The molecule has 1 fully saturated rings. The minimum Gasteiger partial charge on any atom is -0.356 e. The van der Waals surface area contributed by atoms with Gasteiger partial charge in [-0.15, -0.1) is 0 Å². The molecule has 100 valence electrons. The molecule has 1 aliphatic rings. The van der Waals surface area contributed by atoms with E-state index in [0.717, 1.165) is 52.1 Å². The minimum absolute atomic E-state index is 0.185. The molecule has 0 spiro atoms. The van der Waals surface area contributed by atoms with Gasteiger partial charge in [-0.3, -0.25) is 9.69 Å². The van der Waals surface area contributed by atoms with E-state index >= 15 is 0 Å². The third-order valence-electron chi connectivity index (χ3n) is 3.26. The third-order valence-corrected chi connectivity index (χ3v) is 3.26. The number of hydrogen-bond donors (Lipinski definition) is 2. The Labute approximate surface area is 105 Å². The monoisotopic (exact) mass is 241 g/mol. The fourth-order valence-corrected chi connectivity index (χ4v) is 2.12. The molecule has 4 heteroatoms. The standard InChI is InChI=1S/C13H27N3O/c1-4-5-6-15-12(17)13(2,3)11-16-9-7-14-8-10-16/h14H,4-11H2,1-3H3,(H,15,17). The summed E-state index contributed by atoms with van der Waals surface area (Å²) in [7, 11) is 0. The number of hydrogen-bond acceptors (Lipinski definition) is 3. The lowest BCUT2D eigenvalue weighted by molar-refractivity contribution is -0.130. The van der Waals surface area contributed by atoms with E-state index in [1.54, 1.807) is 0 Å². The molecule has 1 saturated heterocycles. The summed E-state index contributed by atoms with van der Waals surface area (Å²) in [5.41, 5.74) is -0.287. The molecule has 0 aromatic rings. The first kappa shape index (κ1) is 14.5. The van der Waals surface area contributed by atoms with Gasteiger partial charge in [-0.2, -0.15) is 0 Å². The van der Waals surface area contributed by atoms with Crippen LogP contribution < -0.4 is 10.6 Å². The zero-order valence-electron chi connectivity index (χ0n) is 11.5. The average molecular weight is 241 g/mol. The van der Waals surface area contributed by atoms with Crippen molar-refractivity contribution in [2.24, 2.45) is 5.41 Å². The number of carbonyl (C=O) groups excluding carboxylic acids is 1. The molecular weight excluding hydrogens is 214 g/mol. The molecule has 0 bridgehead atoms. The van der Waals surface area contributed by atoms with Crippen LogP contribution in [0.25, 0.3) is 0 Å². The van der Waals surface area contributed by atoms with Gasteiger partial charge in [0.25, 0.3) is 0 Å². The van der Waals surface area contributed by atoms with Crippen molar-refractivity contribution in [3.05, 3.63) is 0 Å². The van der Waals surface area contributed by atoms with Crippen molar-refractivity contribution in [2.75, 3.05) is 39.3 Å². The first-order valence-electron chi connectivity index (χ1n) is 6.77. The van der Waals surface area contributed by atoms with Crippen LogP contribution in [-0.4, -0.2) is 50.1 Å². The van der Waals surface area contributed by atoms with E-state index in [1.807, 2.05) is 13.8 Å². The number of piperazine rings is 1. The molecule has 17 heavy (non-hydrogen) atoms. The highest BCUT2D eigenvalue weighted by Gasteiger charge is 2.30. The maximum absolute atomic E-state index is 12.1. The number of rotatable bonds is 6. The molecule has 1 heterocycles. The Kier molecular flexibility index (Phi) is 5.92. The minimum atomic E-state index is -0.287. The van der Waals surface area contributed by atoms with Crippen LogP contribution in [-0.2, 0) is 4.79 Å². The zero-order chi connectivity index (χ0) is 12.7. The van der Waals surface area contributed by atoms with Gasteiger partial charge >= 0.3 is 0 Å². The predicted molar refractivity (Wildman–Crippen MR) is 71.0 cm³/mol. The van der Waals surface area contributed by atoms with Crippen molar-refractivity contribution in [3.63, 3.8) is 0 Å². The normalized spacial score (nSPS) is 18.1. The molecule has 4 nitrogen and oxygen atoms in total. The first-order valence-corrected chi connectivity index (χ1v) is 6.77. The van der Waals surface area contributed by atoms with E-state index in [2.05, 4.69) is 22.5 Å². The summed E-state index contributed by atoms with van der Waals surface area (Å²) in [6.45, 7) is 12.0. The average Bonchev–Trinajstić information content (AvgIpc) is 2.30. The first-order chi connectivity index (χ1) is 8.06. The van der Waals surface area contributed by atoms with E-state index in [9.17, 15) is 4.79 Å². The van der Waals surface area contributed by atoms with Crippen LogP contribution in [0.1, 0.15) is 33.6 Å². The molecule has 0 saturated carbocycles. The fraction of sp³-hybridized carbons (Fsp3) is 0.923. The summed E-state index contributed by atoms with van der Waals surface area (Å²) in [4.78, 5) is 14.4. The topological polar surface area (TPSA) is 44.4 Å². The number of nitrogens with zero attached hydrogens (tertiary/aromatic N) is 1. The molecule has 0 aliphatic carbocycles. The Hall–Kier alpha value is -0.610. The highest BCUT2D eigenvalue weighted by atomic mass is 16.2. The Bertz CT molecular complexity index is 235. The van der Waals surface area contributed by atoms with Gasteiger partial charge in [0.1, 0.15) is 0 Å². The van der Waals surface area contributed by atoms with Crippen LogP contribution in [0.2, 0.25) is 0 Å². The lowest BCUT2D eigenvalue weighted by Gasteiger charge is -2.34. The zero-order valence-corrected chi connectivity index (χ0v) is 11.5. The molecular formula is C13H27N3O. The second-order valence-corrected chi connectivity index (χ2v) is 5.52. The van der Waals surface area contributed by atoms with Crippen molar-refractivity contribution in [2.45, 2.75) is 33.6 Å². The number of nitrogens with one attached hydrogen (secondary N) is 2. The number of carbonyl (C=O) groups is 1. The highest BCUT2D eigenvalue weighted by molar-refractivity contribution is 5.82. The summed E-state index contributed by atoms with van der Waals surface area (Å²) >= 11 is 0. The quantitative estimate of drug-likeness (QED) is 0.677. The van der Waals surface area contributed by atoms with Crippen LogP contribution in [0.3, 0.4) is 0 Å². The van der Waals surface area contributed by atoms with Crippen molar-refractivity contribution in [1.29, 1.82) is 0 Å². The van der Waals surface area contributed by atoms with Crippen LogP contribution in [0.5, 0.6) is 0 Å². The Morgan fingerprint density at radius 1 is 1.35 bits per heavy atom. The summed E-state index contributed by atoms with van der Waals surface area (Å²) in [5, 5.41) is 6.36. The molecule has 0 atom stereocenters. The van der Waals surface area contributed by atoms with Gasteiger partial charge in [0.15, 0.2) is 0 Å². The second kappa shape index (κ2) is 6.97. The molecule has 0 aromatic heterocycles. The van der Waals surface area contributed by atoms with Crippen LogP contribution >= 0.6 is 0 Å². The van der Waals surface area contributed by atoms with Crippen LogP contribution in [0.15, 0.2) is 0 Å². The molecule has 0 radical (unpaired) electrons. The smallest absolute Gasteiger partial charge is 0.226 e. The van der Waals surface area contributed by atoms with Gasteiger partial charge in [-0.1, -0.05) is 13.3 Å². The van der Waals surface area contributed by atoms with Gasteiger partial charge in [0, 0.05) is 39.3 Å². The SMILES string of the molecule is CCCCNC(=O)C(C)(C)CN1CCNCC1. The Morgan fingerprint density at radius 3 is 2.59 bits per heavy atom. The van der Waals surface area contributed by atoms with E-state index < -0.39 is 0 Å². The highest BCUT2D eigenvalue weighted by Crippen LogP contribution is 2.17. The van der Waals surface area contributed by atoms with Gasteiger partial charge in [-0.05, 0) is 20.3 Å². The second-order valence-electron chi connectivity index (χ2n) is 5.52. The fourth-order valence-electron chi connectivity index (χ4n) is 2.12. The summed E-state index contributed by atoms with van der Waals surface area (Å²) in [6, 6.07) is 0. The maximum atomic E-state index is 12.1. The summed E-state index contributed by atoms with van der Waals surface area (Å²) in [5.74, 6) is 0.185. The lowest BCUT2D eigenvalue weighted by atomic mass is 9.91. The van der Waals surface area contributed by atoms with Crippen molar-refractivity contribution < 1.29 is 4.79 Å². The van der Waals surface area contributed by atoms with E-state index in [4.69, 9.17) is 0 Å². The van der Waals surface area contributed by atoms with Crippen molar-refractivity contribution >= 4 is 5.91 Å². The molecule has 0 unspecified atom stereocenters. The van der Waals surface area contributed by atoms with Gasteiger partial charge in [-0.25, -0.2) is 0 Å². The summed E-state index contributed by atoms with van der Waals surface area (Å²) < 4.78 is 0. The summed E-state index contributed by atoms with van der Waals surface area (Å²) in [6.07, 6.45) is 2.19. The third kappa shape index (κ3) is 5.04. The van der Waals surface area contributed by atoms with Crippen molar-refractivity contribution in [1.82, 2.24) is 15.5 Å². The van der Waals surface area contributed by atoms with Gasteiger partial charge < -0.3 is 10.6 Å². The van der Waals surface area contributed by atoms with E-state index in [-0.39, 0.29) is 11.3 Å². The van der Waals surface area contributed by atoms with Crippen LogP contribution in [0, 0.1) is 5.41 Å². The molecule has 2 N–H and O–H groups in total. The van der Waals surface area contributed by atoms with Crippen LogP contribution in [0.4, 0.5) is 0 Å². The number of amides is 1.